The Kier molecular flexibility index (Phi) is 2.52. The standard InChI is InChI=1S/C12H12N4/c1-16(12-3-2-6-15-12)11-5-4-9(8-13)7-10(11)14/h2-7,15H,14H2,1H3. The highest BCUT2D eigenvalue weighted by molar-refractivity contribution is 5.74. The van der Waals surface area contributed by atoms with E-state index in [1.54, 1.807) is 12.1 Å². The van der Waals surface area contributed by atoms with Crippen molar-refractivity contribution >= 4 is 17.2 Å². The topological polar surface area (TPSA) is 68.8 Å². The van der Waals surface area contributed by atoms with Crippen LogP contribution in [0.15, 0.2) is 36.5 Å². The van der Waals surface area contributed by atoms with Crippen molar-refractivity contribution in [3.05, 3.63) is 42.1 Å². The van der Waals surface area contributed by atoms with E-state index in [4.69, 9.17) is 11.0 Å². The maximum atomic E-state index is 8.75. The van der Waals surface area contributed by atoms with Crippen LogP contribution in [0.2, 0.25) is 0 Å². The molecule has 1 heterocycles. The lowest BCUT2D eigenvalue weighted by Crippen LogP contribution is -2.11. The van der Waals surface area contributed by atoms with Crippen molar-refractivity contribution in [3.63, 3.8) is 0 Å². The zero-order valence-corrected chi connectivity index (χ0v) is 8.94. The van der Waals surface area contributed by atoms with Crippen LogP contribution in [-0.4, -0.2) is 12.0 Å². The number of nitriles is 1. The van der Waals surface area contributed by atoms with Gasteiger partial charge in [0.2, 0.25) is 0 Å². The Bertz CT molecular complexity index is 522. The molecule has 0 radical (unpaired) electrons. The quantitative estimate of drug-likeness (QED) is 0.750. The van der Waals surface area contributed by atoms with Crippen molar-refractivity contribution in [2.45, 2.75) is 0 Å². The predicted molar refractivity (Wildman–Crippen MR) is 64.4 cm³/mol. The van der Waals surface area contributed by atoms with Gasteiger partial charge in [0.15, 0.2) is 0 Å². The second-order valence-electron chi connectivity index (χ2n) is 3.50. The fourth-order valence-electron chi connectivity index (χ4n) is 1.59. The Morgan fingerprint density at radius 2 is 2.19 bits per heavy atom. The number of hydrogen-bond acceptors (Lipinski definition) is 3. The highest BCUT2D eigenvalue weighted by Gasteiger charge is 2.08. The van der Waals surface area contributed by atoms with Crippen LogP contribution in [0.1, 0.15) is 5.56 Å². The minimum atomic E-state index is 0.570. The third-order valence-electron chi connectivity index (χ3n) is 2.46. The molecule has 16 heavy (non-hydrogen) atoms. The number of aromatic amines is 1. The normalized spacial score (nSPS) is 9.75. The van der Waals surface area contributed by atoms with Crippen LogP contribution in [0, 0.1) is 11.3 Å². The predicted octanol–water partition coefficient (Wildman–Crippen LogP) is 2.24. The monoisotopic (exact) mass is 212 g/mol. The lowest BCUT2D eigenvalue weighted by molar-refractivity contribution is 1.15. The van der Waals surface area contributed by atoms with Crippen LogP contribution in [0.4, 0.5) is 17.2 Å². The van der Waals surface area contributed by atoms with Gasteiger partial charge in [-0.2, -0.15) is 5.26 Å². The highest BCUT2D eigenvalue weighted by Crippen LogP contribution is 2.28. The van der Waals surface area contributed by atoms with Gasteiger partial charge in [0.1, 0.15) is 5.82 Å². The Labute approximate surface area is 93.9 Å². The van der Waals surface area contributed by atoms with Gasteiger partial charge in [-0.05, 0) is 30.3 Å². The number of nitrogen functional groups attached to an aromatic ring is 1. The van der Waals surface area contributed by atoms with Gasteiger partial charge in [-0.3, -0.25) is 0 Å². The summed E-state index contributed by atoms with van der Waals surface area (Å²) >= 11 is 0. The smallest absolute Gasteiger partial charge is 0.110 e. The lowest BCUT2D eigenvalue weighted by atomic mass is 10.2. The summed E-state index contributed by atoms with van der Waals surface area (Å²) in [4.78, 5) is 5.04. The minimum Gasteiger partial charge on any atom is -0.397 e. The first-order valence-electron chi connectivity index (χ1n) is 4.89. The molecule has 0 saturated heterocycles. The number of aromatic nitrogens is 1. The molecule has 0 atom stereocenters. The summed E-state index contributed by atoms with van der Waals surface area (Å²) in [5.41, 5.74) is 7.94. The average Bonchev–Trinajstić information content (AvgIpc) is 2.81. The molecule has 3 N–H and O–H groups in total. The number of nitrogens with two attached hydrogens (primary N) is 1. The summed E-state index contributed by atoms with van der Waals surface area (Å²) in [5, 5.41) is 8.75. The number of benzene rings is 1. The number of hydrogen-bond donors (Lipinski definition) is 2. The largest absolute Gasteiger partial charge is 0.397 e. The SMILES string of the molecule is CN(c1ccc[nH]1)c1ccc(C#N)cc1N. The van der Waals surface area contributed by atoms with E-state index in [1.807, 2.05) is 36.3 Å². The van der Waals surface area contributed by atoms with Gasteiger partial charge in [-0.1, -0.05) is 0 Å². The van der Waals surface area contributed by atoms with Crippen LogP contribution in [0.5, 0.6) is 0 Å². The summed E-state index contributed by atoms with van der Waals surface area (Å²) < 4.78 is 0. The van der Waals surface area contributed by atoms with Gasteiger partial charge in [-0.15, -0.1) is 0 Å². The van der Waals surface area contributed by atoms with Crippen molar-refractivity contribution in [2.24, 2.45) is 0 Å². The average molecular weight is 212 g/mol. The summed E-state index contributed by atoms with van der Waals surface area (Å²) in [6, 6.07) is 11.2. The van der Waals surface area contributed by atoms with Gasteiger partial charge in [0, 0.05) is 13.2 Å². The molecule has 0 saturated carbocycles. The van der Waals surface area contributed by atoms with E-state index in [9.17, 15) is 0 Å². The maximum Gasteiger partial charge on any atom is 0.110 e. The van der Waals surface area contributed by atoms with Crippen molar-refractivity contribution < 1.29 is 0 Å². The summed E-state index contributed by atoms with van der Waals surface area (Å²) in [7, 11) is 1.92. The molecular weight excluding hydrogens is 200 g/mol. The lowest BCUT2D eigenvalue weighted by Gasteiger charge is -2.19. The molecule has 0 fully saturated rings. The molecule has 0 aliphatic heterocycles. The molecule has 80 valence electrons. The van der Waals surface area contributed by atoms with Crippen LogP contribution < -0.4 is 10.6 Å². The molecular formula is C12H12N4. The molecule has 1 aromatic carbocycles. The number of H-pyrrole nitrogens is 1. The molecule has 2 aromatic rings. The van der Waals surface area contributed by atoms with Crippen LogP contribution in [0.3, 0.4) is 0 Å². The van der Waals surface area contributed by atoms with E-state index in [2.05, 4.69) is 11.1 Å². The number of rotatable bonds is 2. The molecule has 1 aromatic heterocycles. The van der Waals surface area contributed by atoms with E-state index in [-0.39, 0.29) is 0 Å². The summed E-state index contributed by atoms with van der Waals surface area (Å²) in [6.45, 7) is 0. The molecule has 0 amide bonds. The molecule has 0 unspecified atom stereocenters. The number of nitrogens with zero attached hydrogens (tertiary/aromatic N) is 2. The van der Waals surface area contributed by atoms with E-state index >= 15 is 0 Å². The molecule has 0 bridgehead atoms. The van der Waals surface area contributed by atoms with E-state index in [1.165, 1.54) is 0 Å². The third kappa shape index (κ3) is 1.71. The first kappa shape index (κ1) is 10.1. The molecule has 0 aliphatic carbocycles. The second-order valence-corrected chi connectivity index (χ2v) is 3.50. The van der Waals surface area contributed by atoms with Crippen LogP contribution >= 0.6 is 0 Å². The molecule has 0 spiro atoms. The zero-order valence-electron chi connectivity index (χ0n) is 8.94. The number of nitrogens with one attached hydrogen (secondary N) is 1. The van der Waals surface area contributed by atoms with Gasteiger partial charge >= 0.3 is 0 Å². The van der Waals surface area contributed by atoms with Crippen molar-refractivity contribution in [1.29, 1.82) is 5.26 Å². The molecule has 4 heteroatoms. The molecule has 4 nitrogen and oxygen atoms in total. The maximum absolute atomic E-state index is 8.75. The van der Waals surface area contributed by atoms with Gasteiger partial charge in [-0.25, -0.2) is 0 Å². The minimum absolute atomic E-state index is 0.570. The van der Waals surface area contributed by atoms with E-state index in [0.29, 0.717) is 11.3 Å². The summed E-state index contributed by atoms with van der Waals surface area (Å²) in [6.07, 6.45) is 1.85. The second kappa shape index (κ2) is 3.99. The molecule has 2 rings (SSSR count). The fourth-order valence-corrected chi connectivity index (χ4v) is 1.59. The van der Waals surface area contributed by atoms with Crippen molar-refractivity contribution in [2.75, 3.05) is 17.7 Å². The van der Waals surface area contributed by atoms with Gasteiger partial charge in [0.25, 0.3) is 0 Å². The van der Waals surface area contributed by atoms with Crippen LogP contribution in [0.25, 0.3) is 0 Å². The number of anilines is 3. The Balaban J connectivity index is 2.38. The Morgan fingerprint density at radius 3 is 2.75 bits per heavy atom. The van der Waals surface area contributed by atoms with Gasteiger partial charge in [0.05, 0.1) is 23.0 Å². The zero-order chi connectivity index (χ0) is 11.5. The van der Waals surface area contributed by atoms with Crippen molar-refractivity contribution in [1.82, 2.24) is 4.98 Å². The fraction of sp³-hybridized carbons (Fsp3) is 0.0833. The van der Waals surface area contributed by atoms with Gasteiger partial charge < -0.3 is 15.6 Å². The summed E-state index contributed by atoms with van der Waals surface area (Å²) in [5.74, 6) is 0.955. The molecule has 0 aliphatic rings. The van der Waals surface area contributed by atoms with E-state index < -0.39 is 0 Å². The van der Waals surface area contributed by atoms with Crippen molar-refractivity contribution in [3.8, 4) is 6.07 Å². The first-order chi connectivity index (χ1) is 7.72. The first-order valence-corrected chi connectivity index (χ1v) is 4.89. The Hall–Kier alpha value is -2.41. The third-order valence-corrected chi connectivity index (χ3v) is 2.46. The highest BCUT2D eigenvalue weighted by atomic mass is 15.2. The Morgan fingerprint density at radius 1 is 1.38 bits per heavy atom. The van der Waals surface area contributed by atoms with E-state index in [0.717, 1.165) is 11.5 Å². The van der Waals surface area contributed by atoms with Crippen LogP contribution in [-0.2, 0) is 0 Å².